The van der Waals surface area contributed by atoms with Crippen molar-refractivity contribution in [1.82, 2.24) is 0 Å². The zero-order chi connectivity index (χ0) is 12.7. The van der Waals surface area contributed by atoms with Crippen LogP contribution in [0, 0.1) is 20.2 Å². The van der Waals surface area contributed by atoms with Crippen molar-refractivity contribution in [3.05, 3.63) is 50.1 Å². The van der Waals surface area contributed by atoms with Gasteiger partial charge in [-0.25, -0.2) is 4.79 Å². The normalized spacial score (nSPS) is 8.50. The van der Waals surface area contributed by atoms with Crippen LogP contribution in [0.5, 0.6) is 0 Å². The third kappa shape index (κ3) is 4.50. The standard InChI is InChI=1S/C7H5NO4.HNO3/c9-7(10)5-3-1-2-4-6(5)8(11)12;2-1(3)4/h1-4H,(H,9,10);(H,2,3,4). The number of nitro groups is 1. The molecule has 1 rings (SSSR count). The van der Waals surface area contributed by atoms with Gasteiger partial charge in [0.15, 0.2) is 0 Å². The molecular weight excluding hydrogens is 224 g/mol. The third-order valence-electron chi connectivity index (χ3n) is 1.33. The number of carboxylic acids is 1. The highest BCUT2D eigenvalue weighted by atomic mass is 16.9. The monoisotopic (exact) mass is 230 g/mol. The van der Waals surface area contributed by atoms with Gasteiger partial charge in [-0.2, -0.15) is 0 Å². The van der Waals surface area contributed by atoms with E-state index in [4.69, 9.17) is 20.4 Å². The highest BCUT2D eigenvalue weighted by Crippen LogP contribution is 2.16. The molecule has 9 nitrogen and oxygen atoms in total. The molecule has 0 spiro atoms. The molecule has 0 bridgehead atoms. The molecule has 0 unspecified atom stereocenters. The van der Waals surface area contributed by atoms with Crippen molar-refractivity contribution in [3.63, 3.8) is 0 Å². The van der Waals surface area contributed by atoms with E-state index < -0.39 is 16.0 Å². The van der Waals surface area contributed by atoms with Crippen LogP contribution in [0.4, 0.5) is 5.69 Å². The quantitative estimate of drug-likeness (QED) is 0.568. The van der Waals surface area contributed by atoms with E-state index in [0.717, 1.165) is 6.07 Å². The second-order valence-electron chi connectivity index (χ2n) is 2.32. The van der Waals surface area contributed by atoms with Crippen LogP contribution in [0.25, 0.3) is 0 Å². The van der Waals surface area contributed by atoms with Gasteiger partial charge in [-0.1, -0.05) is 12.1 Å². The average Bonchev–Trinajstić information content (AvgIpc) is 2.16. The fraction of sp³-hybridized carbons (Fsp3) is 0. The summed E-state index contributed by atoms with van der Waals surface area (Å²) in [6.45, 7) is 0. The average molecular weight is 230 g/mol. The molecule has 0 saturated heterocycles. The Bertz CT molecular complexity index is 380. The third-order valence-corrected chi connectivity index (χ3v) is 1.33. The van der Waals surface area contributed by atoms with Gasteiger partial charge in [0.25, 0.3) is 10.8 Å². The zero-order valence-electron chi connectivity index (χ0n) is 7.64. The Morgan fingerprint density at radius 1 is 1.19 bits per heavy atom. The number of carbonyl (C=O) groups is 1. The van der Waals surface area contributed by atoms with Gasteiger partial charge >= 0.3 is 5.97 Å². The summed E-state index contributed by atoms with van der Waals surface area (Å²) in [6, 6.07) is 5.21. The molecule has 9 heteroatoms. The van der Waals surface area contributed by atoms with Crippen molar-refractivity contribution in [2.24, 2.45) is 0 Å². The topological polar surface area (TPSA) is 144 Å². The maximum absolute atomic E-state index is 10.4. The van der Waals surface area contributed by atoms with Gasteiger partial charge < -0.3 is 10.3 Å². The first-order valence-corrected chi connectivity index (χ1v) is 3.66. The van der Waals surface area contributed by atoms with Gasteiger partial charge in [-0.05, 0) is 6.07 Å². The number of nitro benzene ring substituents is 1. The van der Waals surface area contributed by atoms with E-state index >= 15 is 0 Å². The molecule has 0 amide bonds. The van der Waals surface area contributed by atoms with Crippen LogP contribution in [0.1, 0.15) is 10.4 Å². The first-order chi connectivity index (χ1) is 7.36. The van der Waals surface area contributed by atoms with Crippen molar-refractivity contribution < 1.29 is 25.1 Å². The number of benzene rings is 1. The maximum atomic E-state index is 10.4. The highest BCUT2D eigenvalue weighted by Gasteiger charge is 2.17. The van der Waals surface area contributed by atoms with E-state index in [0.29, 0.717) is 0 Å². The Morgan fingerprint density at radius 3 is 1.94 bits per heavy atom. The van der Waals surface area contributed by atoms with Crippen LogP contribution in [0.15, 0.2) is 24.3 Å². The number of para-hydroxylation sites is 1. The second kappa shape index (κ2) is 5.90. The highest BCUT2D eigenvalue weighted by molar-refractivity contribution is 5.92. The molecule has 0 radical (unpaired) electrons. The smallest absolute Gasteiger partial charge is 0.342 e. The van der Waals surface area contributed by atoms with E-state index in [-0.39, 0.29) is 11.3 Å². The van der Waals surface area contributed by atoms with E-state index in [1.165, 1.54) is 18.2 Å². The Labute approximate surface area is 87.8 Å². The molecule has 86 valence electrons. The molecule has 1 aromatic rings. The van der Waals surface area contributed by atoms with Crippen LogP contribution in [0.2, 0.25) is 0 Å². The lowest BCUT2D eigenvalue weighted by Gasteiger charge is -1.94. The maximum Gasteiger partial charge on any atom is 0.342 e. The molecule has 0 aliphatic rings. The summed E-state index contributed by atoms with van der Waals surface area (Å²) >= 11 is 0. The molecule has 0 heterocycles. The molecular formula is C7H6N2O7. The number of rotatable bonds is 2. The van der Waals surface area contributed by atoms with Gasteiger partial charge in [0.1, 0.15) is 5.56 Å². The summed E-state index contributed by atoms with van der Waals surface area (Å²) in [6.07, 6.45) is 0. The Morgan fingerprint density at radius 2 is 1.62 bits per heavy atom. The van der Waals surface area contributed by atoms with Gasteiger partial charge in [0.2, 0.25) is 0 Å². The van der Waals surface area contributed by atoms with Crippen LogP contribution >= 0.6 is 0 Å². The van der Waals surface area contributed by atoms with Crippen molar-refractivity contribution in [2.75, 3.05) is 0 Å². The molecule has 0 fully saturated rings. The summed E-state index contributed by atoms with van der Waals surface area (Å²) in [4.78, 5) is 28.3. The summed E-state index contributed by atoms with van der Waals surface area (Å²) in [5, 5.41) is 32.4. The Kier molecular flexibility index (Phi) is 4.90. The summed E-state index contributed by atoms with van der Waals surface area (Å²) in [5.41, 5.74) is -0.674. The van der Waals surface area contributed by atoms with Gasteiger partial charge in [0.05, 0.1) is 4.92 Å². The Hall–Kier alpha value is -2.71. The second-order valence-corrected chi connectivity index (χ2v) is 2.32. The molecule has 1 aromatic carbocycles. The molecule has 0 saturated carbocycles. The lowest BCUT2D eigenvalue weighted by Crippen LogP contribution is -2.01. The minimum absolute atomic E-state index is 0.289. The molecule has 0 aromatic heterocycles. The minimum atomic E-state index is -1.50. The number of hydrogen-bond donors (Lipinski definition) is 2. The van der Waals surface area contributed by atoms with Crippen molar-refractivity contribution >= 4 is 11.7 Å². The molecule has 0 aliphatic heterocycles. The van der Waals surface area contributed by atoms with Crippen molar-refractivity contribution in [2.45, 2.75) is 0 Å². The fourth-order valence-electron chi connectivity index (χ4n) is 0.814. The SMILES string of the molecule is O=C(O)c1ccccc1[N+](=O)[O-].O=[N+]([O-])O. The molecule has 2 N–H and O–H groups in total. The fourth-order valence-corrected chi connectivity index (χ4v) is 0.814. The molecule has 16 heavy (non-hydrogen) atoms. The largest absolute Gasteiger partial charge is 0.477 e. The van der Waals surface area contributed by atoms with E-state index in [1.54, 1.807) is 0 Å². The van der Waals surface area contributed by atoms with Crippen LogP contribution in [-0.2, 0) is 0 Å². The first kappa shape index (κ1) is 13.3. The predicted molar refractivity (Wildman–Crippen MR) is 48.8 cm³/mol. The minimum Gasteiger partial charge on any atom is -0.477 e. The zero-order valence-corrected chi connectivity index (χ0v) is 7.64. The molecule has 0 aliphatic carbocycles. The van der Waals surface area contributed by atoms with Crippen LogP contribution in [0.3, 0.4) is 0 Å². The van der Waals surface area contributed by atoms with Crippen LogP contribution < -0.4 is 0 Å². The first-order valence-electron chi connectivity index (χ1n) is 3.66. The van der Waals surface area contributed by atoms with Gasteiger partial charge in [-0.15, -0.1) is 10.1 Å². The summed E-state index contributed by atoms with van der Waals surface area (Å²) in [5.74, 6) is -1.29. The lowest BCUT2D eigenvalue weighted by molar-refractivity contribution is -0.742. The molecule has 0 atom stereocenters. The van der Waals surface area contributed by atoms with E-state index in [1.807, 2.05) is 0 Å². The lowest BCUT2D eigenvalue weighted by atomic mass is 10.2. The predicted octanol–water partition coefficient (Wildman–Crippen LogP) is 0.945. The van der Waals surface area contributed by atoms with Crippen LogP contribution in [-0.4, -0.2) is 26.3 Å². The number of nitrogens with zero attached hydrogens (tertiary/aromatic N) is 2. The van der Waals surface area contributed by atoms with Gasteiger partial charge in [-0.3, -0.25) is 10.1 Å². The van der Waals surface area contributed by atoms with Crippen molar-refractivity contribution in [1.29, 1.82) is 0 Å². The van der Waals surface area contributed by atoms with E-state index in [9.17, 15) is 14.9 Å². The summed E-state index contributed by atoms with van der Waals surface area (Å²) < 4.78 is 0. The summed E-state index contributed by atoms with van der Waals surface area (Å²) in [7, 11) is 0. The van der Waals surface area contributed by atoms with E-state index in [2.05, 4.69) is 0 Å². The Balaban J connectivity index is 0.000000487. The number of hydrogen-bond acceptors (Lipinski definition) is 5. The number of carboxylic acid groups (broad SMARTS) is 1. The number of aromatic carboxylic acids is 1. The van der Waals surface area contributed by atoms with Gasteiger partial charge in [0, 0.05) is 6.07 Å². The van der Waals surface area contributed by atoms with Crippen molar-refractivity contribution in [3.8, 4) is 0 Å².